The lowest BCUT2D eigenvalue weighted by atomic mass is 10.0. The molecule has 0 atom stereocenters. The van der Waals surface area contributed by atoms with Crippen molar-refractivity contribution in [3.05, 3.63) is 119 Å². The van der Waals surface area contributed by atoms with Crippen LogP contribution < -0.4 is 4.74 Å². The van der Waals surface area contributed by atoms with E-state index in [0.29, 0.717) is 31.1 Å². The maximum absolute atomic E-state index is 13.3. The van der Waals surface area contributed by atoms with Crippen LogP contribution in [0.5, 0.6) is 5.75 Å². The zero-order valence-corrected chi connectivity index (χ0v) is 20.6. The number of nitrogens with zero attached hydrogens (tertiary/aromatic N) is 4. The summed E-state index contributed by atoms with van der Waals surface area (Å²) in [4.78, 5) is 29.1. The molecule has 37 heavy (non-hydrogen) atoms. The Morgan fingerprint density at radius 2 is 1.76 bits per heavy atom. The number of carbonyl (C=O) groups excluding carboxylic acids is 1. The predicted molar refractivity (Wildman–Crippen MR) is 143 cm³/mol. The van der Waals surface area contributed by atoms with Crippen molar-refractivity contribution in [3.63, 3.8) is 0 Å². The number of ether oxygens (including phenoxy) is 1. The fourth-order valence-corrected chi connectivity index (χ4v) is 4.54. The lowest BCUT2D eigenvalue weighted by Gasteiger charge is -2.28. The lowest BCUT2D eigenvalue weighted by Crippen LogP contribution is -2.36. The van der Waals surface area contributed by atoms with Crippen LogP contribution >= 0.6 is 0 Å². The largest absolute Gasteiger partial charge is 0.489 e. The van der Waals surface area contributed by atoms with Gasteiger partial charge in [-0.1, -0.05) is 48.0 Å². The second-order valence-electron chi connectivity index (χ2n) is 9.36. The van der Waals surface area contributed by atoms with E-state index in [1.807, 2.05) is 83.9 Å². The zero-order chi connectivity index (χ0) is 25.2. The predicted octanol–water partition coefficient (Wildman–Crippen LogP) is 5.78. The number of hydrogen-bond donors (Lipinski definition) is 0. The Hall–Kier alpha value is -4.58. The molecule has 3 heterocycles. The number of fused-ring (bicyclic) bond motifs is 2. The Bertz CT molecular complexity index is 1580. The fourth-order valence-electron chi connectivity index (χ4n) is 4.54. The van der Waals surface area contributed by atoms with Gasteiger partial charge in [0.2, 0.25) is 0 Å². The monoisotopic (exact) mass is 486 g/mol. The summed E-state index contributed by atoms with van der Waals surface area (Å²) in [6, 6.07) is 25.7. The number of aromatic nitrogens is 3. The van der Waals surface area contributed by atoms with E-state index in [1.165, 1.54) is 5.56 Å². The molecule has 5 aromatic rings. The molecule has 0 unspecified atom stereocenters. The highest BCUT2D eigenvalue weighted by Gasteiger charge is 2.24. The molecule has 3 aromatic carbocycles. The lowest BCUT2D eigenvalue weighted by molar-refractivity contribution is 0.0731. The molecular formula is C31H26N4O2. The van der Waals surface area contributed by atoms with E-state index >= 15 is 0 Å². The number of aryl methyl sites for hydroxylation is 1. The van der Waals surface area contributed by atoms with Crippen molar-refractivity contribution in [1.82, 2.24) is 19.9 Å². The molecule has 0 spiro atoms. The quantitative estimate of drug-likeness (QED) is 0.315. The standard InChI is InChI=1S/C31H26N4O2/c1-21-6-12-27(13-7-21)37-20-22-8-10-23(11-9-22)31(36)35-15-14-25-17-33-30(34-29(25)19-35)26-16-24-4-2-3-5-28(24)32-18-26/h2-13,16-18H,14-15,19-20H2,1H3. The molecule has 0 bridgehead atoms. The Kier molecular flexibility index (Phi) is 6.06. The minimum atomic E-state index is 0.00388. The van der Waals surface area contributed by atoms with Crippen molar-refractivity contribution >= 4 is 16.8 Å². The van der Waals surface area contributed by atoms with Crippen molar-refractivity contribution in [2.75, 3.05) is 6.54 Å². The van der Waals surface area contributed by atoms with Crippen LogP contribution in [0.1, 0.15) is 32.7 Å². The molecule has 6 nitrogen and oxygen atoms in total. The average Bonchev–Trinajstić information content (AvgIpc) is 2.96. The molecule has 0 saturated heterocycles. The van der Waals surface area contributed by atoms with Gasteiger partial charge in [0, 0.05) is 35.5 Å². The first kappa shape index (κ1) is 22.9. The van der Waals surface area contributed by atoms with Gasteiger partial charge in [0.25, 0.3) is 5.91 Å². The van der Waals surface area contributed by atoms with Gasteiger partial charge in [0.15, 0.2) is 5.82 Å². The highest BCUT2D eigenvalue weighted by Crippen LogP contribution is 2.24. The van der Waals surface area contributed by atoms with Gasteiger partial charge in [-0.05, 0) is 60.9 Å². The zero-order valence-electron chi connectivity index (χ0n) is 20.6. The third-order valence-electron chi connectivity index (χ3n) is 6.71. The third kappa shape index (κ3) is 4.91. The molecule has 6 rings (SSSR count). The Labute approximate surface area is 215 Å². The second kappa shape index (κ2) is 9.82. The van der Waals surface area contributed by atoms with E-state index in [1.54, 1.807) is 6.20 Å². The smallest absolute Gasteiger partial charge is 0.254 e. The summed E-state index contributed by atoms with van der Waals surface area (Å²) in [7, 11) is 0. The maximum Gasteiger partial charge on any atom is 0.254 e. The highest BCUT2D eigenvalue weighted by molar-refractivity contribution is 5.94. The first-order chi connectivity index (χ1) is 18.1. The topological polar surface area (TPSA) is 68.2 Å². The Morgan fingerprint density at radius 1 is 0.946 bits per heavy atom. The molecule has 1 aliphatic rings. The molecule has 1 amide bonds. The van der Waals surface area contributed by atoms with Crippen LogP contribution in [0.3, 0.4) is 0 Å². The number of benzene rings is 3. The van der Waals surface area contributed by atoms with Crippen molar-refractivity contribution in [2.45, 2.75) is 26.5 Å². The van der Waals surface area contributed by atoms with Gasteiger partial charge in [-0.2, -0.15) is 0 Å². The molecule has 0 fully saturated rings. The number of hydrogen-bond acceptors (Lipinski definition) is 5. The molecule has 6 heteroatoms. The van der Waals surface area contributed by atoms with Crippen molar-refractivity contribution in [2.24, 2.45) is 0 Å². The number of amides is 1. The molecular weight excluding hydrogens is 460 g/mol. The molecule has 1 aliphatic heterocycles. The summed E-state index contributed by atoms with van der Waals surface area (Å²) >= 11 is 0. The first-order valence-electron chi connectivity index (χ1n) is 12.4. The number of pyridine rings is 1. The summed E-state index contributed by atoms with van der Waals surface area (Å²) in [5.41, 5.74) is 6.66. The van der Waals surface area contributed by atoms with Crippen LogP contribution in [0, 0.1) is 6.92 Å². The van der Waals surface area contributed by atoms with Gasteiger partial charge < -0.3 is 9.64 Å². The summed E-state index contributed by atoms with van der Waals surface area (Å²) in [5, 5.41) is 1.05. The molecule has 0 aliphatic carbocycles. The van der Waals surface area contributed by atoms with Gasteiger partial charge in [-0.15, -0.1) is 0 Å². The molecule has 182 valence electrons. The average molecular weight is 487 g/mol. The van der Waals surface area contributed by atoms with E-state index < -0.39 is 0 Å². The van der Waals surface area contributed by atoms with E-state index in [0.717, 1.165) is 45.5 Å². The van der Waals surface area contributed by atoms with Gasteiger partial charge >= 0.3 is 0 Å². The van der Waals surface area contributed by atoms with Crippen molar-refractivity contribution in [1.29, 1.82) is 0 Å². The Balaban J connectivity index is 1.15. The summed E-state index contributed by atoms with van der Waals surface area (Å²) in [6.45, 7) is 3.61. The second-order valence-corrected chi connectivity index (χ2v) is 9.36. The van der Waals surface area contributed by atoms with Crippen molar-refractivity contribution < 1.29 is 9.53 Å². The first-order valence-corrected chi connectivity index (χ1v) is 12.4. The van der Waals surface area contributed by atoms with Crippen LogP contribution in [-0.2, 0) is 19.6 Å². The molecule has 0 N–H and O–H groups in total. The fraction of sp³-hybridized carbons (Fsp3) is 0.161. The third-order valence-corrected chi connectivity index (χ3v) is 6.71. The van der Waals surface area contributed by atoms with Crippen LogP contribution in [0.2, 0.25) is 0 Å². The SMILES string of the molecule is Cc1ccc(OCc2ccc(C(=O)N3CCc4cnc(-c5cnc6ccccc6c5)nc4C3)cc2)cc1. The summed E-state index contributed by atoms with van der Waals surface area (Å²) in [6.07, 6.45) is 4.43. The van der Waals surface area contributed by atoms with Gasteiger partial charge in [0.05, 0.1) is 17.8 Å². The normalized spacial score (nSPS) is 12.8. The summed E-state index contributed by atoms with van der Waals surface area (Å²) in [5.74, 6) is 1.46. The van der Waals surface area contributed by atoms with Crippen molar-refractivity contribution in [3.8, 4) is 17.1 Å². The number of para-hydroxylation sites is 1. The van der Waals surface area contributed by atoms with Crippen LogP contribution in [0.25, 0.3) is 22.3 Å². The number of carbonyl (C=O) groups is 1. The van der Waals surface area contributed by atoms with Crippen LogP contribution in [-0.4, -0.2) is 32.3 Å². The Morgan fingerprint density at radius 3 is 2.59 bits per heavy atom. The molecule has 0 radical (unpaired) electrons. The minimum Gasteiger partial charge on any atom is -0.489 e. The van der Waals surface area contributed by atoms with Gasteiger partial charge in [-0.3, -0.25) is 9.78 Å². The maximum atomic E-state index is 13.3. The minimum absolute atomic E-state index is 0.00388. The summed E-state index contributed by atoms with van der Waals surface area (Å²) < 4.78 is 5.86. The van der Waals surface area contributed by atoms with E-state index in [2.05, 4.69) is 23.0 Å². The number of rotatable bonds is 5. The van der Waals surface area contributed by atoms with Gasteiger partial charge in [0.1, 0.15) is 12.4 Å². The molecule has 0 saturated carbocycles. The van der Waals surface area contributed by atoms with Gasteiger partial charge in [-0.25, -0.2) is 9.97 Å². The molecule has 2 aromatic heterocycles. The van der Waals surface area contributed by atoms with Crippen LogP contribution in [0.4, 0.5) is 0 Å². The van der Waals surface area contributed by atoms with E-state index in [9.17, 15) is 4.79 Å². The van der Waals surface area contributed by atoms with Crippen LogP contribution in [0.15, 0.2) is 91.3 Å². The van der Waals surface area contributed by atoms with E-state index in [-0.39, 0.29) is 5.91 Å². The highest BCUT2D eigenvalue weighted by atomic mass is 16.5. The van der Waals surface area contributed by atoms with E-state index in [4.69, 9.17) is 9.72 Å².